The molecule has 2 rings (SSSR count). The standard InChI is InChI=1S/C15H16FNO3/c1-9(11-3-5-12(16)6-4-11)17-8-13-7-14(15(18)19)10(2)20-13/h3-7,9,17H,8H2,1-2H3,(H,18,19). The number of aromatic carboxylic acids is 1. The molecule has 4 nitrogen and oxygen atoms in total. The van der Waals surface area contributed by atoms with Gasteiger partial charge in [-0.1, -0.05) is 12.1 Å². The van der Waals surface area contributed by atoms with Gasteiger partial charge in [0.05, 0.1) is 6.54 Å². The van der Waals surface area contributed by atoms with Crippen molar-refractivity contribution >= 4 is 5.97 Å². The lowest BCUT2D eigenvalue weighted by Gasteiger charge is -2.13. The second kappa shape index (κ2) is 5.88. The van der Waals surface area contributed by atoms with Crippen molar-refractivity contribution in [2.24, 2.45) is 0 Å². The van der Waals surface area contributed by atoms with Gasteiger partial charge in [-0.2, -0.15) is 0 Å². The summed E-state index contributed by atoms with van der Waals surface area (Å²) in [5.74, 6) is -0.310. The van der Waals surface area contributed by atoms with Crippen LogP contribution in [0.3, 0.4) is 0 Å². The molecule has 0 saturated heterocycles. The highest BCUT2D eigenvalue weighted by atomic mass is 19.1. The summed E-state index contributed by atoms with van der Waals surface area (Å²) in [5.41, 5.74) is 1.13. The third-order valence-electron chi connectivity index (χ3n) is 3.15. The highest BCUT2D eigenvalue weighted by molar-refractivity contribution is 5.88. The van der Waals surface area contributed by atoms with Crippen LogP contribution in [0.1, 0.15) is 40.4 Å². The van der Waals surface area contributed by atoms with Crippen molar-refractivity contribution in [3.8, 4) is 0 Å². The summed E-state index contributed by atoms with van der Waals surface area (Å²) in [6.07, 6.45) is 0. The smallest absolute Gasteiger partial charge is 0.339 e. The second-order valence-corrected chi connectivity index (χ2v) is 4.64. The molecule has 0 radical (unpaired) electrons. The predicted molar refractivity (Wildman–Crippen MR) is 72.1 cm³/mol. The maximum Gasteiger partial charge on any atom is 0.339 e. The predicted octanol–water partition coefficient (Wildman–Crippen LogP) is 3.28. The minimum atomic E-state index is -0.996. The molecular formula is C15H16FNO3. The van der Waals surface area contributed by atoms with Crippen LogP contribution in [-0.4, -0.2) is 11.1 Å². The maximum absolute atomic E-state index is 12.8. The van der Waals surface area contributed by atoms with Crippen molar-refractivity contribution in [3.63, 3.8) is 0 Å². The summed E-state index contributed by atoms with van der Waals surface area (Å²) in [4.78, 5) is 10.9. The Morgan fingerprint density at radius 1 is 1.40 bits per heavy atom. The molecule has 0 aliphatic carbocycles. The quantitative estimate of drug-likeness (QED) is 0.880. The number of halogens is 1. The molecule has 0 amide bonds. The summed E-state index contributed by atoms with van der Waals surface area (Å²) in [7, 11) is 0. The fourth-order valence-corrected chi connectivity index (χ4v) is 1.97. The monoisotopic (exact) mass is 277 g/mol. The normalized spacial score (nSPS) is 12.3. The van der Waals surface area contributed by atoms with E-state index in [1.165, 1.54) is 18.2 Å². The van der Waals surface area contributed by atoms with Crippen LogP contribution in [0.5, 0.6) is 0 Å². The van der Waals surface area contributed by atoms with E-state index in [4.69, 9.17) is 9.52 Å². The van der Waals surface area contributed by atoms with E-state index in [2.05, 4.69) is 5.32 Å². The fraction of sp³-hybridized carbons (Fsp3) is 0.267. The number of carboxylic acids is 1. The van der Waals surface area contributed by atoms with Gasteiger partial charge in [0.15, 0.2) is 0 Å². The first kappa shape index (κ1) is 14.3. The molecule has 1 unspecified atom stereocenters. The van der Waals surface area contributed by atoms with Gasteiger partial charge in [0, 0.05) is 6.04 Å². The molecule has 0 bridgehead atoms. The lowest BCUT2D eigenvalue weighted by molar-refractivity contribution is 0.0695. The summed E-state index contributed by atoms with van der Waals surface area (Å²) in [6, 6.07) is 7.77. The van der Waals surface area contributed by atoms with E-state index in [0.29, 0.717) is 18.1 Å². The van der Waals surface area contributed by atoms with E-state index in [-0.39, 0.29) is 17.4 Å². The second-order valence-electron chi connectivity index (χ2n) is 4.64. The maximum atomic E-state index is 12.8. The first-order valence-electron chi connectivity index (χ1n) is 6.29. The van der Waals surface area contributed by atoms with Crippen molar-refractivity contribution in [2.45, 2.75) is 26.4 Å². The molecule has 1 aromatic heterocycles. The van der Waals surface area contributed by atoms with Crippen LogP contribution in [0.25, 0.3) is 0 Å². The Bertz CT molecular complexity index is 604. The summed E-state index contributed by atoms with van der Waals surface area (Å²) >= 11 is 0. The van der Waals surface area contributed by atoms with Gasteiger partial charge in [0.2, 0.25) is 0 Å². The Morgan fingerprint density at radius 3 is 2.60 bits per heavy atom. The van der Waals surface area contributed by atoms with Crippen LogP contribution in [0.2, 0.25) is 0 Å². The Kier molecular flexibility index (Phi) is 4.20. The number of hydrogen-bond donors (Lipinski definition) is 2. The van der Waals surface area contributed by atoms with E-state index < -0.39 is 5.97 Å². The molecule has 1 aromatic carbocycles. The third-order valence-corrected chi connectivity index (χ3v) is 3.15. The van der Waals surface area contributed by atoms with Crippen molar-refractivity contribution in [1.29, 1.82) is 0 Å². The number of benzene rings is 1. The highest BCUT2D eigenvalue weighted by Crippen LogP contribution is 2.17. The molecule has 2 aromatic rings. The lowest BCUT2D eigenvalue weighted by Crippen LogP contribution is -2.17. The van der Waals surface area contributed by atoms with Crippen LogP contribution in [0.15, 0.2) is 34.7 Å². The van der Waals surface area contributed by atoms with Gasteiger partial charge in [-0.3, -0.25) is 0 Å². The van der Waals surface area contributed by atoms with E-state index >= 15 is 0 Å². The highest BCUT2D eigenvalue weighted by Gasteiger charge is 2.14. The number of rotatable bonds is 5. The van der Waals surface area contributed by atoms with Gasteiger partial charge >= 0.3 is 5.97 Å². The molecule has 2 N–H and O–H groups in total. The average Bonchev–Trinajstić information content (AvgIpc) is 2.78. The minimum Gasteiger partial charge on any atom is -0.478 e. The molecule has 1 heterocycles. The molecule has 106 valence electrons. The Hall–Kier alpha value is -2.14. The van der Waals surface area contributed by atoms with Gasteiger partial charge in [0.25, 0.3) is 0 Å². The topological polar surface area (TPSA) is 62.5 Å². The lowest BCUT2D eigenvalue weighted by atomic mass is 10.1. The molecule has 0 saturated carbocycles. The molecule has 5 heteroatoms. The first-order valence-corrected chi connectivity index (χ1v) is 6.29. The van der Waals surface area contributed by atoms with Gasteiger partial charge in [-0.15, -0.1) is 0 Å². The summed E-state index contributed by atoms with van der Waals surface area (Å²) in [6.45, 7) is 3.98. The largest absolute Gasteiger partial charge is 0.478 e. The number of hydrogen-bond acceptors (Lipinski definition) is 3. The van der Waals surface area contributed by atoms with Gasteiger partial charge in [-0.05, 0) is 37.6 Å². The van der Waals surface area contributed by atoms with Crippen LogP contribution in [0, 0.1) is 12.7 Å². The molecule has 20 heavy (non-hydrogen) atoms. The van der Waals surface area contributed by atoms with Crippen molar-refractivity contribution in [3.05, 3.63) is 58.8 Å². The third kappa shape index (κ3) is 3.24. The van der Waals surface area contributed by atoms with E-state index in [1.807, 2.05) is 6.92 Å². The zero-order chi connectivity index (χ0) is 14.7. The number of carboxylic acid groups (broad SMARTS) is 1. The zero-order valence-corrected chi connectivity index (χ0v) is 11.3. The van der Waals surface area contributed by atoms with E-state index in [1.54, 1.807) is 19.1 Å². The molecule has 1 atom stereocenters. The number of carbonyl (C=O) groups is 1. The SMILES string of the molecule is Cc1oc(CNC(C)c2ccc(F)cc2)cc1C(=O)O. The number of nitrogens with one attached hydrogen (secondary N) is 1. The summed E-state index contributed by atoms with van der Waals surface area (Å²) in [5, 5.41) is 12.1. The number of aryl methyl sites for hydroxylation is 1. The molecular weight excluding hydrogens is 261 g/mol. The fourth-order valence-electron chi connectivity index (χ4n) is 1.97. The Labute approximate surface area is 116 Å². The van der Waals surface area contributed by atoms with Crippen molar-refractivity contribution in [1.82, 2.24) is 5.32 Å². The summed E-state index contributed by atoms with van der Waals surface area (Å²) < 4.78 is 18.2. The van der Waals surface area contributed by atoms with E-state index in [9.17, 15) is 9.18 Å². The first-order chi connectivity index (χ1) is 9.47. The number of furan rings is 1. The van der Waals surface area contributed by atoms with Gasteiger partial charge in [0.1, 0.15) is 22.9 Å². The van der Waals surface area contributed by atoms with Crippen LogP contribution >= 0.6 is 0 Å². The van der Waals surface area contributed by atoms with Gasteiger partial charge in [-0.25, -0.2) is 9.18 Å². The average molecular weight is 277 g/mol. The Balaban J connectivity index is 1.99. The van der Waals surface area contributed by atoms with Crippen LogP contribution in [-0.2, 0) is 6.54 Å². The zero-order valence-electron chi connectivity index (χ0n) is 11.3. The molecule has 0 spiro atoms. The minimum absolute atomic E-state index is 0.00860. The van der Waals surface area contributed by atoms with Crippen molar-refractivity contribution < 1.29 is 18.7 Å². The Morgan fingerprint density at radius 2 is 2.05 bits per heavy atom. The van der Waals surface area contributed by atoms with Crippen molar-refractivity contribution in [2.75, 3.05) is 0 Å². The molecule has 0 aliphatic rings. The molecule has 0 aliphatic heterocycles. The van der Waals surface area contributed by atoms with Crippen LogP contribution < -0.4 is 5.32 Å². The van der Waals surface area contributed by atoms with E-state index in [0.717, 1.165) is 5.56 Å². The molecule has 0 fully saturated rings. The van der Waals surface area contributed by atoms with Gasteiger partial charge < -0.3 is 14.8 Å². The van der Waals surface area contributed by atoms with Crippen LogP contribution in [0.4, 0.5) is 4.39 Å².